The van der Waals surface area contributed by atoms with Gasteiger partial charge in [-0.05, 0) is 36.5 Å². The molecule has 0 spiro atoms. The highest BCUT2D eigenvalue weighted by Crippen LogP contribution is 2.34. The Balaban J connectivity index is 2.12. The Kier molecular flexibility index (Phi) is 3.11. The van der Waals surface area contributed by atoms with Crippen LogP contribution in [0.3, 0.4) is 0 Å². The lowest BCUT2D eigenvalue weighted by Crippen LogP contribution is -2.32. The van der Waals surface area contributed by atoms with Crippen molar-refractivity contribution in [2.75, 3.05) is 0 Å². The summed E-state index contributed by atoms with van der Waals surface area (Å²) in [6, 6.07) is 4.39. The van der Waals surface area contributed by atoms with Crippen LogP contribution in [0.2, 0.25) is 0 Å². The second kappa shape index (κ2) is 4.53. The zero-order valence-electron chi connectivity index (χ0n) is 8.32. The topological polar surface area (TPSA) is 50.9 Å². The number of hydrogen-bond acceptors (Lipinski definition) is 3. The fourth-order valence-corrected chi connectivity index (χ4v) is 2.37. The van der Waals surface area contributed by atoms with E-state index in [9.17, 15) is 0 Å². The average molecular weight is 191 g/mol. The van der Waals surface area contributed by atoms with Gasteiger partial charge in [-0.2, -0.15) is 0 Å². The van der Waals surface area contributed by atoms with E-state index in [1.165, 1.54) is 31.2 Å². The van der Waals surface area contributed by atoms with Gasteiger partial charge >= 0.3 is 0 Å². The Morgan fingerprint density at radius 3 is 2.50 bits per heavy atom. The minimum atomic E-state index is 0.306. The van der Waals surface area contributed by atoms with Crippen LogP contribution in [0.1, 0.15) is 37.3 Å². The first kappa shape index (κ1) is 9.62. The van der Waals surface area contributed by atoms with Gasteiger partial charge in [-0.1, -0.05) is 12.8 Å². The number of aromatic nitrogens is 1. The van der Waals surface area contributed by atoms with Crippen molar-refractivity contribution in [2.24, 2.45) is 11.8 Å². The highest BCUT2D eigenvalue weighted by Gasteiger charge is 2.24. The Hall–Kier alpha value is -0.930. The number of nitrogens with one attached hydrogen (secondary N) is 1. The predicted octanol–water partition coefficient (Wildman–Crippen LogP) is 1.78. The van der Waals surface area contributed by atoms with Crippen molar-refractivity contribution in [1.29, 1.82) is 0 Å². The quantitative estimate of drug-likeness (QED) is 0.565. The van der Waals surface area contributed by atoms with Crippen LogP contribution in [0.4, 0.5) is 0 Å². The second-order valence-corrected chi connectivity index (χ2v) is 3.97. The van der Waals surface area contributed by atoms with Gasteiger partial charge in [0.15, 0.2) is 0 Å². The van der Waals surface area contributed by atoms with E-state index in [1.807, 2.05) is 24.5 Å². The maximum absolute atomic E-state index is 5.61. The summed E-state index contributed by atoms with van der Waals surface area (Å²) in [7, 11) is 0. The van der Waals surface area contributed by atoms with Gasteiger partial charge in [0.1, 0.15) is 0 Å². The monoisotopic (exact) mass is 191 g/mol. The average Bonchev–Trinajstić information content (AvgIpc) is 2.74. The summed E-state index contributed by atoms with van der Waals surface area (Å²) < 4.78 is 0. The van der Waals surface area contributed by atoms with E-state index in [2.05, 4.69) is 10.4 Å². The fraction of sp³-hybridized carbons (Fsp3) is 0.545. The molecule has 1 atom stereocenters. The first-order chi connectivity index (χ1) is 6.92. The number of rotatable bonds is 3. The van der Waals surface area contributed by atoms with Crippen LogP contribution in [0, 0.1) is 5.92 Å². The van der Waals surface area contributed by atoms with Crippen molar-refractivity contribution in [3.8, 4) is 0 Å². The maximum Gasteiger partial charge on any atom is 0.0489 e. The lowest BCUT2D eigenvalue weighted by atomic mass is 9.93. The number of nitrogens with two attached hydrogens (primary N) is 1. The van der Waals surface area contributed by atoms with Crippen molar-refractivity contribution in [2.45, 2.75) is 31.7 Å². The molecule has 1 unspecified atom stereocenters. The fourth-order valence-electron chi connectivity index (χ4n) is 2.37. The molecule has 0 bridgehead atoms. The van der Waals surface area contributed by atoms with Crippen molar-refractivity contribution < 1.29 is 0 Å². The summed E-state index contributed by atoms with van der Waals surface area (Å²) in [5.41, 5.74) is 4.19. The van der Waals surface area contributed by atoms with E-state index in [0.717, 1.165) is 0 Å². The molecule has 3 nitrogen and oxygen atoms in total. The minimum absolute atomic E-state index is 0.306. The molecule has 1 heterocycles. The molecule has 1 saturated carbocycles. The highest BCUT2D eigenvalue weighted by molar-refractivity contribution is 5.16. The molecule has 0 aliphatic heterocycles. The summed E-state index contributed by atoms with van der Waals surface area (Å²) in [6.45, 7) is 0. The van der Waals surface area contributed by atoms with E-state index in [0.29, 0.717) is 12.0 Å². The molecule has 0 aromatic carbocycles. The molecule has 1 aliphatic carbocycles. The number of nitrogens with zero attached hydrogens (tertiary/aromatic N) is 1. The van der Waals surface area contributed by atoms with Crippen LogP contribution in [0.5, 0.6) is 0 Å². The molecular weight excluding hydrogens is 174 g/mol. The van der Waals surface area contributed by atoms with Crippen molar-refractivity contribution in [3.05, 3.63) is 30.1 Å². The molecule has 1 aromatic heterocycles. The molecule has 3 N–H and O–H groups in total. The zero-order chi connectivity index (χ0) is 9.80. The SMILES string of the molecule is NNC(c1ccncc1)C1CCCC1. The third kappa shape index (κ3) is 1.94. The van der Waals surface area contributed by atoms with Gasteiger partial charge in [-0.25, -0.2) is 0 Å². The van der Waals surface area contributed by atoms with E-state index in [1.54, 1.807) is 0 Å². The van der Waals surface area contributed by atoms with Gasteiger partial charge in [0, 0.05) is 18.4 Å². The summed E-state index contributed by atoms with van der Waals surface area (Å²) in [4.78, 5) is 4.02. The normalized spacial score (nSPS) is 19.8. The standard InChI is InChI=1S/C11H17N3/c12-14-11(9-3-1-2-4-9)10-5-7-13-8-6-10/h5-9,11,14H,1-4,12H2. The molecule has 0 amide bonds. The smallest absolute Gasteiger partial charge is 0.0489 e. The van der Waals surface area contributed by atoms with Gasteiger partial charge in [0.25, 0.3) is 0 Å². The molecule has 76 valence electrons. The summed E-state index contributed by atoms with van der Waals surface area (Å²) >= 11 is 0. The predicted molar refractivity (Wildman–Crippen MR) is 56.3 cm³/mol. The molecule has 1 aliphatic rings. The molecule has 14 heavy (non-hydrogen) atoms. The van der Waals surface area contributed by atoms with Crippen LogP contribution >= 0.6 is 0 Å². The highest BCUT2D eigenvalue weighted by atomic mass is 15.2. The minimum Gasteiger partial charge on any atom is -0.271 e. The van der Waals surface area contributed by atoms with Gasteiger partial charge < -0.3 is 0 Å². The van der Waals surface area contributed by atoms with Gasteiger partial charge in [0.2, 0.25) is 0 Å². The van der Waals surface area contributed by atoms with E-state index >= 15 is 0 Å². The number of hydrazine groups is 1. The lowest BCUT2D eigenvalue weighted by Gasteiger charge is -2.22. The van der Waals surface area contributed by atoms with Crippen molar-refractivity contribution in [1.82, 2.24) is 10.4 Å². The largest absolute Gasteiger partial charge is 0.271 e. The summed E-state index contributed by atoms with van der Waals surface area (Å²) in [5.74, 6) is 6.31. The maximum atomic E-state index is 5.61. The molecular formula is C11H17N3. The Bertz CT molecular complexity index is 267. The number of hydrogen-bond donors (Lipinski definition) is 2. The molecule has 3 heteroatoms. The van der Waals surface area contributed by atoms with Crippen molar-refractivity contribution in [3.63, 3.8) is 0 Å². The Labute approximate surface area is 84.7 Å². The van der Waals surface area contributed by atoms with Gasteiger partial charge in [-0.15, -0.1) is 0 Å². The van der Waals surface area contributed by atoms with Crippen LogP contribution in [-0.2, 0) is 0 Å². The zero-order valence-corrected chi connectivity index (χ0v) is 8.32. The van der Waals surface area contributed by atoms with Crippen LogP contribution in [0.25, 0.3) is 0 Å². The Morgan fingerprint density at radius 1 is 1.29 bits per heavy atom. The summed E-state index contributed by atoms with van der Waals surface area (Å²) in [5, 5.41) is 0. The molecule has 1 fully saturated rings. The lowest BCUT2D eigenvalue weighted by molar-refractivity contribution is 0.373. The van der Waals surface area contributed by atoms with Gasteiger partial charge in [0.05, 0.1) is 0 Å². The summed E-state index contributed by atoms with van der Waals surface area (Å²) in [6.07, 6.45) is 8.92. The molecule has 0 radical (unpaired) electrons. The van der Waals surface area contributed by atoms with Crippen LogP contribution < -0.4 is 11.3 Å². The van der Waals surface area contributed by atoms with E-state index in [-0.39, 0.29) is 0 Å². The third-order valence-corrected chi connectivity index (χ3v) is 3.12. The number of pyridine rings is 1. The second-order valence-electron chi connectivity index (χ2n) is 3.97. The first-order valence-corrected chi connectivity index (χ1v) is 5.28. The molecule has 2 rings (SSSR count). The van der Waals surface area contributed by atoms with E-state index in [4.69, 9.17) is 5.84 Å². The van der Waals surface area contributed by atoms with Crippen LogP contribution in [-0.4, -0.2) is 4.98 Å². The Morgan fingerprint density at radius 2 is 1.93 bits per heavy atom. The van der Waals surface area contributed by atoms with Crippen LogP contribution in [0.15, 0.2) is 24.5 Å². The van der Waals surface area contributed by atoms with E-state index < -0.39 is 0 Å². The molecule has 1 aromatic rings. The third-order valence-electron chi connectivity index (χ3n) is 3.12. The van der Waals surface area contributed by atoms with Gasteiger partial charge in [-0.3, -0.25) is 16.3 Å². The molecule has 0 saturated heterocycles. The first-order valence-electron chi connectivity index (χ1n) is 5.28. The van der Waals surface area contributed by atoms with Crippen molar-refractivity contribution >= 4 is 0 Å².